The molecule has 0 bridgehead atoms. The number of benzene rings is 1. The van der Waals surface area contributed by atoms with E-state index in [1.54, 1.807) is 19.1 Å². The molecule has 1 fully saturated rings. The van der Waals surface area contributed by atoms with Crippen molar-refractivity contribution in [1.82, 2.24) is 10.3 Å². The minimum Gasteiger partial charge on any atom is -0.356 e. The summed E-state index contributed by atoms with van der Waals surface area (Å²) < 4.78 is 13.5. The van der Waals surface area contributed by atoms with E-state index in [1.165, 1.54) is 18.6 Å². The summed E-state index contributed by atoms with van der Waals surface area (Å²) in [4.78, 5) is 19.2. The fraction of sp³-hybridized carbons (Fsp3) is 0.412. The highest BCUT2D eigenvalue weighted by atomic mass is 19.1. The van der Waals surface area contributed by atoms with Crippen molar-refractivity contribution in [3.05, 3.63) is 35.6 Å². The highest BCUT2D eigenvalue weighted by molar-refractivity contribution is 6.02. The van der Waals surface area contributed by atoms with Gasteiger partial charge in [0.25, 0.3) is 5.91 Å². The first-order valence-electron chi connectivity index (χ1n) is 7.96. The van der Waals surface area contributed by atoms with Gasteiger partial charge in [0.2, 0.25) is 0 Å². The lowest BCUT2D eigenvalue weighted by Crippen LogP contribution is -2.40. The fourth-order valence-corrected chi connectivity index (χ4v) is 2.94. The topological polar surface area (TPSA) is 71.2 Å². The molecule has 23 heavy (non-hydrogen) atoms. The molecular formula is C17H21FN4O. The summed E-state index contributed by atoms with van der Waals surface area (Å²) >= 11 is 0. The van der Waals surface area contributed by atoms with Crippen LogP contribution in [-0.4, -0.2) is 30.1 Å². The van der Waals surface area contributed by atoms with Crippen molar-refractivity contribution in [3.8, 4) is 0 Å². The molecule has 1 atom stereocenters. The number of piperidine rings is 1. The molecule has 1 unspecified atom stereocenters. The summed E-state index contributed by atoms with van der Waals surface area (Å²) in [7, 11) is 0. The van der Waals surface area contributed by atoms with Crippen LogP contribution in [0, 0.1) is 5.82 Å². The molecule has 1 aliphatic heterocycles. The van der Waals surface area contributed by atoms with E-state index in [0.717, 1.165) is 25.9 Å². The largest absolute Gasteiger partial charge is 0.356 e. The number of nitrogens with one attached hydrogen (secondary N) is 1. The summed E-state index contributed by atoms with van der Waals surface area (Å²) in [6, 6.07) is 6.13. The molecule has 2 heterocycles. The molecule has 1 amide bonds. The first-order valence-corrected chi connectivity index (χ1v) is 7.96. The molecule has 1 aliphatic rings. The quantitative estimate of drug-likeness (QED) is 0.853. The van der Waals surface area contributed by atoms with Crippen molar-refractivity contribution in [1.29, 1.82) is 0 Å². The summed E-state index contributed by atoms with van der Waals surface area (Å²) in [5, 5.41) is 3.31. The monoisotopic (exact) mass is 316 g/mol. The number of fused-ring (bicyclic) bond motifs is 1. The van der Waals surface area contributed by atoms with Gasteiger partial charge in [0.05, 0.1) is 17.2 Å². The third-order valence-corrected chi connectivity index (χ3v) is 4.02. The number of hydrogen-bond acceptors (Lipinski definition) is 4. The minimum atomic E-state index is -0.458. The molecule has 0 aliphatic carbocycles. The highest BCUT2D eigenvalue weighted by Crippen LogP contribution is 2.26. The summed E-state index contributed by atoms with van der Waals surface area (Å²) in [6.07, 6.45) is 2.89. The minimum absolute atomic E-state index is 0.278. The van der Waals surface area contributed by atoms with Crippen LogP contribution in [0.25, 0.3) is 10.9 Å². The molecule has 1 saturated heterocycles. The van der Waals surface area contributed by atoms with Crippen LogP contribution in [0.3, 0.4) is 0 Å². The first-order chi connectivity index (χ1) is 11.0. The summed E-state index contributed by atoms with van der Waals surface area (Å²) in [5.41, 5.74) is 6.80. The van der Waals surface area contributed by atoms with Crippen molar-refractivity contribution in [2.75, 3.05) is 18.0 Å². The maximum absolute atomic E-state index is 13.5. The number of nitrogens with zero attached hydrogens (tertiary/aromatic N) is 2. The van der Waals surface area contributed by atoms with Crippen LogP contribution in [0.1, 0.15) is 36.5 Å². The summed E-state index contributed by atoms with van der Waals surface area (Å²) in [6.45, 7) is 3.45. The Kier molecular flexibility index (Phi) is 4.43. The van der Waals surface area contributed by atoms with Crippen LogP contribution in [0.2, 0.25) is 0 Å². The first kappa shape index (κ1) is 15.7. The number of carbonyl (C=O) groups is 1. The van der Waals surface area contributed by atoms with Crippen LogP contribution in [0.15, 0.2) is 24.3 Å². The lowest BCUT2D eigenvalue weighted by atomic mass is 10.1. The smallest absolute Gasteiger partial charge is 0.256 e. The van der Waals surface area contributed by atoms with Crippen molar-refractivity contribution < 1.29 is 9.18 Å². The van der Waals surface area contributed by atoms with E-state index < -0.39 is 6.17 Å². The second kappa shape index (κ2) is 6.50. The van der Waals surface area contributed by atoms with E-state index in [-0.39, 0.29) is 11.7 Å². The second-order valence-electron chi connectivity index (χ2n) is 6.01. The van der Waals surface area contributed by atoms with Gasteiger partial charge < -0.3 is 16.0 Å². The molecule has 3 N–H and O–H groups in total. The predicted octanol–water partition coefficient (Wildman–Crippen LogP) is 2.40. The van der Waals surface area contributed by atoms with E-state index in [1.807, 2.05) is 0 Å². The average molecular weight is 316 g/mol. The van der Waals surface area contributed by atoms with Gasteiger partial charge in [-0.1, -0.05) is 0 Å². The molecule has 0 radical (unpaired) electrons. The van der Waals surface area contributed by atoms with E-state index in [9.17, 15) is 9.18 Å². The van der Waals surface area contributed by atoms with Gasteiger partial charge in [-0.3, -0.25) is 4.79 Å². The molecule has 1 aromatic carbocycles. The fourth-order valence-electron chi connectivity index (χ4n) is 2.94. The molecule has 6 heteroatoms. The Morgan fingerprint density at radius 3 is 2.74 bits per heavy atom. The Bertz CT molecular complexity index is 726. The molecule has 122 valence electrons. The zero-order valence-electron chi connectivity index (χ0n) is 13.2. The van der Waals surface area contributed by atoms with Crippen LogP contribution in [0.4, 0.5) is 10.2 Å². The van der Waals surface area contributed by atoms with Crippen LogP contribution in [0.5, 0.6) is 0 Å². The average Bonchev–Trinajstić information content (AvgIpc) is 2.53. The number of nitrogens with two attached hydrogens (primary N) is 1. The Morgan fingerprint density at radius 1 is 1.30 bits per heavy atom. The summed E-state index contributed by atoms with van der Waals surface area (Å²) in [5.74, 6) is 0.0322. The maximum Gasteiger partial charge on any atom is 0.256 e. The van der Waals surface area contributed by atoms with E-state index in [4.69, 9.17) is 5.73 Å². The number of halogens is 1. The van der Waals surface area contributed by atoms with Gasteiger partial charge in [-0.25, -0.2) is 9.37 Å². The number of pyridine rings is 1. The lowest BCUT2D eigenvalue weighted by Gasteiger charge is -2.29. The Balaban J connectivity index is 2.09. The standard InChI is InChI=1S/C17H21FN4O/c1-11(19)20-17(23)14-10-12-9-13(18)5-6-15(12)21-16(14)22-7-3-2-4-8-22/h5-6,9-11H,2-4,7-8,19H2,1H3,(H,20,23). The van der Waals surface area contributed by atoms with Gasteiger partial charge >= 0.3 is 0 Å². The van der Waals surface area contributed by atoms with Crippen molar-refractivity contribution in [3.63, 3.8) is 0 Å². The molecule has 0 saturated carbocycles. The van der Waals surface area contributed by atoms with Gasteiger partial charge in [0.1, 0.15) is 11.6 Å². The van der Waals surface area contributed by atoms with Crippen LogP contribution >= 0.6 is 0 Å². The molecule has 1 aromatic heterocycles. The number of carbonyl (C=O) groups excluding carboxylic acids is 1. The van der Waals surface area contributed by atoms with Gasteiger partial charge in [-0.2, -0.15) is 0 Å². The number of hydrogen-bond donors (Lipinski definition) is 2. The van der Waals surface area contributed by atoms with E-state index in [0.29, 0.717) is 22.3 Å². The Labute approximate surface area is 134 Å². The van der Waals surface area contributed by atoms with Gasteiger partial charge in [-0.15, -0.1) is 0 Å². The van der Waals surface area contributed by atoms with Crippen LogP contribution in [-0.2, 0) is 0 Å². The van der Waals surface area contributed by atoms with Gasteiger partial charge in [0.15, 0.2) is 0 Å². The normalized spacial score (nSPS) is 16.4. The van der Waals surface area contributed by atoms with E-state index in [2.05, 4.69) is 15.2 Å². The SMILES string of the molecule is CC(N)NC(=O)c1cc2cc(F)ccc2nc1N1CCCCC1. The van der Waals surface area contributed by atoms with E-state index >= 15 is 0 Å². The Hall–Kier alpha value is -2.21. The maximum atomic E-state index is 13.5. The van der Waals surface area contributed by atoms with Crippen molar-refractivity contribution in [2.45, 2.75) is 32.4 Å². The second-order valence-corrected chi connectivity index (χ2v) is 6.01. The highest BCUT2D eigenvalue weighted by Gasteiger charge is 2.21. The van der Waals surface area contributed by atoms with Crippen molar-refractivity contribution >= 4 is 22.6 Å². The number of amides is 1. The zero-order valence-corrected chi connectivity index (χ0v) is 13.2. The molecule has 2 aromatic rings. The van der Waals surface area contributed by atoms with Crippen LogP contribution < -0.4 is 16.0 Å². The number of aromatic nitrogens is 1. The number of rotatable bonds is 3. The predicted molar refractivity (Wildman–Crippen MR) is 88.9 cm³/mol. The third kappa shape index (κ3) is 3.42. The molecular weight excluding hydrogens is 295 g/mol. The molecule has 5 nitrogen and oxygen atoms in total. The Morgan fingerprint density at radius 2 is 2.04 bits per heavy atom. The van der Waals surface area contributed by atoms with Crippen molar-refractivity contribution in [2.24, 2.45) is 5.73 Å². The molecule has 3 rings (SSSR count). The lowest BCUT2D eigenvalue weighted by molar-refractivity contribution is 0.0941. The number of anilines is 1. The van der Waals surface area contributed by atoms with Gasteiger partial charge in [0, 0.05) is 18.5 Å². The third-order valence-electron chi connectivity index (χ3n) is 4.02. The molecule has 0 spiro atoms. The van der Waals surface area contributed by atoms with Gasteiger partial charge in [-0.05, 0) is 50.5 Å². The zero-order chi connectivity index (χ0) is 16.4.